The highest BCUT2D eigenvalue weighted by molar-refractivity contribution is 6.13. The average Bonchev–Trinajstić information content (AvgIpc) is 3.82. The number of nitrogens with zero attached hydrogens (tertiary/aromatic N) is 2. The Morgan fingerprint density at radius 3 is 1.68 bits per heavy atom. The van der Waals surface area contributed by atoms with Crippen LogP contribution in [0.25, 0.3) is 77.9 Å². The summed E-state index contributed by atoms with van der Waals surface area (Å²) in [4.78, 5) is 7.12. The molecule has 0 aliphatic heterocycles. The molecule has 0 spiro atoms. The van der Waals surface area contributed by atoms with Crippen LogP contribution in [0.1, 0.15) is 0 Å². The van der Waals surface area contributed by atoms with Gasteiger partial charge in [0.05, 0.1) is 0 Å². The quantitative estimate of drug-likeness (QED) is 0.168. The van der Waals surface area contributed by atoms with Gasteiger partial charge in [-0.05, 0) is 82.4 Å². The summed E-state index contributed by atoms with van der Waals surface area (Å²) in [5, 5.41) is 2.03. The molecular weight excluding hydrogens is 649 g/mol. The van der Waals surface area contributed by atoms with Crippen LogP contribution in [-0.2, 0) is 0 Å². The number of hydrogen-bond donors (Lipinski definition) is 0. The summed E-state index contributed by atoms with van der Waals surface area (Å²) in [5.74, 6) is 0.600. The summed E-state index contributed by atoms with van der Waals surface area (Å²) in [6.45, 7) is 0. The van der Waals surface area contributed by atoms with Gasteiger partial charge in [0.1, 0.15) is 16.7 Å². The minimum atomic E-state index is 0.600. The minimum Gasteiger partial charge on any atom is -0.455 e. The molecule has 0 radical (unpaired) electrons. The van der Waals surface area contributed by atoms with Crippen molar-refractivity contribution in [2.24, 2.45) is 0 Å². The van der Waals surface area contributed by atoms with Gasteiger partial charge in [0.15, 0.2) is 5.58 Å². The molecule has 0 fully saturated rings. The number of oxazole rings is 1. The summed E-state index contributed by atoms with van der Waals surface area (Å²) < 4.78 is 13.0. The first-order valence-corrected chi connectivity index (χ1v) is 17.8. The van der Waals surface area contributed by atoms with Gasteiger partial charge in [0.25, 0.3) is 0 Å². The van der Waals surface area contributed by atoms with Crippen LogP contribution < -0.4 is 4.90 Å². The first-order valence-electron chi connectivity index (χ1n) is 17.8. The molecule has 0 aliphatic carbocycles. The largest absolute Gasteiger partial charge is 0.455 e. The summed E-state index contributed by atoms with van der Waals surface area (Å²) in [6.07, 6.45) is 0. The molecule has 0 aliphatic rings. The summed E-state index contributed by atoms with van der Waals surface area (Å²) in [6, 6.07) is 67.6. The van der Waals surface area contributed by atoms with Crippen LogP contribution in [0.15, 0.2) is 203 Å². The highest BCUT2D eigenvalue weighted by Gasteiger charge is 2.20. The molecule has 0 atom stereocenters. The van der Waals surface area contributed by atoms with Crippen LogP contribution in [-0.4, -0.2) is 4.98 Å². The average molecular weight is 681 g/mol. The third-order valence-electron chi connectivity index (χ3n) is 9.91. The lowest BCUT2D eigenvalue weighted by Crippen LogP contribution is -2.10. The molecule has 53 heavy (non-hydrogen) atoms. The van der Waals surface area contributed by atoms with Crippen molar-refractivity contribution in [2.45, 2.75) is 0 Å². The van der Waals surface area contributed by atoms with E-state index in [0.717, 1.165) is 77.9 Å². The SMILES string of the molecule is c1ccc(-c2ccc(N(c3ccccc3)c3ccc(-c4cccc5c4oc4cc6nc(-c7ccccc7)oc6cc45)c(-c4ccccc4)c3)cc2)cc1. The molecule has 2 aromatic heterocycles. The van der Waals surface area contributed by atoms with Gasteiger partial charge in [-0.2, -0.15) is 0 Å². The van der Waals surface area contributed by atoms with E-state index in [9.17, 15) is 0 Å². The Hall–Kier alpha value is -7.17. The van der Waals surface area contributed by atoms with Crippen molar-refractivity contribution in [3.63, 3.8) is 0 Å². The Kier molecular flexibility index (Phi) is 7.43. The topological polar surface area (TPSA) is 42.4 Å². The molecule has 2 heterocycles. The van der Waals surface area contributed by atoms with Crippen LogP contribution in [0, 0.1) is 0 Å². The number of aromatic nitrogens is 1. The molecule has 10 rings (SSSR count). The Bertz CT molecular complexity index is 2860. The molecule has 4 nitrogen and oxygen atoms in total. The lowest BCUT2D eigenvalue weighted by Gasteiger charge is -2.27. The van der Waals surface area contributed by atoms with Crippen LogP contribution in [0.5, 0.6) is 0 Å². The first-order chi connectivity index (χ1) is 26.3. The van der Waals surface area contributed by atoms with Crippen LogP contribution in [0.3, 0.4) is 0 Å². The van der Waals surface area contributed by atoms with Gasteiger partial charge in [-0.25, -0.2) is 4.98 Å². The van der Waals surface area contributed by atoms with Crippen LogP contribution >= 0.6 is 0 Å². The second-order valence-electron chi connectivity index (χ2n) is 13.2. The van der Waals surface area contributed by atoms with Gasteiger partial charge in [-0.15, -0.1) is 0 Å². The number of benzene rings is 8. The van der Waals surface area contributed by atoms with Crippen LogP contribution in [0.2, 0.25) is 0 Å². The molecular formula is C49H32N2O2. The zero-order valence-corrected chi connectivity index (χ0v) is 28.7. The highest BCUT2D eigenvalue weighted by atomic mass is 16.4. The standard InChI is InChI=1S/C49H32N2O2/c1-5-14-33(15-6-1)34-24-26-38(27-25-34)51(37-20-11-4-12-21-37)39-28-29-40(43(30-39)35-16-7-2-8-17-35)41-22-13-23-42-44-31-47-45(32-46(44)52-48(41)42)50-49(53-47)36-18-9-3-10-19-36/h1-32H. The predicted octanol–water partition coefficient (Wildman–Crippen LogP) is 13.9. The van der Waals surface area contributed by atoms with Gasteiger partial charge in [0, 0.05) is 45.0 Å². The maximum absolute atomic E-state index is 6.72. The Morgan fingerprint density at radius 2 is 0.962 bits per heavy atom. The molecule has 8 aromatic carbocycles. The van der Waals surface area contributed by atoms with E-state index in [2.05, 4.69) is 163 Å². The molecule has 0 bridgehead atoms. The molecule has 4 heteroatoms. The Morgan fingerprint density at radius 1 is 0.358 bits per heavy atom. The van der Waals surface area contributed by atoms with E-state index >= 15 is 0 Å². The monoisotopic (exact) mass is 680 g/mol. The number of fused-ring (bicyclic) bond motifs is 4. The van der Waals surface area contributed by atoms with Crippen molar-refractivity contribution in [3.05, 3.63) is 194 Å². The van der Waals surface area contributed by atoms with Crippen molar-refractivity contribution in [1.29, 1.82) is 0 Å². The fourth-order valence-electron chi connectivity index (χ4n) is 7.36. The number of para-hydroxylation sites is 2. The van der Waals surface area contributed by atoms with Crippen LogP contribution in [0.4, 0.5) is 17.1 Å². The molecule has 0 saturated heterocycles. The third kappa shape index (κ3) is 5.54. The van der Waals surface area contributed by atoms with E-state index in [-0.39, 0.29) is 0 Å². The summed E-state index contributed by atoms with van der Waals surface area (Å²) >= 11 is 0. The molecule has 10 aromatic rings. The van der Waals surface area contributed by atoms with E-state index in [1.807, 2.05) is 36.4 Å². The maximum atomic E-state index is 6.72. The molecule has 250 valence electrons. The van der Waals surface area contributed by atoms with Gasteiger partial charge in [-0.3, -0.25) is 0 Å². The van der Waals surface area contributed by atoms with Crippen molar-refractivity contribution in [1.82, 2.24) is 4.98 Å². The third-order valence-corrected chi connectivity index (χ3v) is 9.91. The fraction of sp³-hybridized carbons (Fsp3) is 0. The first kappa shape index (κ1) is 30.6. The van der Waals surface area contributed by atoms with Crippen molar-refractivity contribution in [3.8, 4) is 44.8 Å². The van der Waals surface area contributed by atoms with Crippen molar-refractivity contribution >= 4 is 50.1 Å². The normalized spacial score (nSPS) is 11.4. The van der Waals surface area contributed by atoms with E-state index < -0.39 is 0 Å². The van der Waals surface area contributed by atoms with Gasteiger partial charge >= 0.3 is 0 Å². The summed E-state index contributed by atoms with van der Waals surface area (Å²) in [7, 11) is 0. The van der Waals surface area contributed by atoms with Gasteiger partial charge in [-0.1, -0.05) is 133 Å². The number of hydrogen-bond acceptors (Lipinski definition) is 4. The van der Waals surface area contributed by atoms with Crippen molar-refractivity contribution in [2.75, 3.05) is 4.90 Å². The highest BCUT2D eigenvalue weighted by Crippen LogP contribution is 2.44. The smallest absolute Gasteiger partial charge is 0.227 e. The minimum absolute atomic E-state index is 0.600. The maximum Gasteiger partial charge on any atom is 0.227 e. The predicted molar refractivity (Wildman–Crippen MR) is 218 cm³/mol. The van der Waals surface area contributed by atoms with Gasteiger partial charge in [0.2, 0.25) is 5.89 Å². The van der Waals surface area contributed by atoms with Gasteiger partial charge < -0.3 is 13.7 Å². The lowest BCUT2D eigenvalue weighted by atomic mass is 9.92. The molecule has 0 amide bonds. The zero-order valence-electron chi connectivity index (χ0n) is 28.7. The molecule has 0 unspecified atom stereocenters. The van der Waals surface area contributed by atoms with E-state index in [1.54, 1.807) is 0 Å². The zero-order chi connectivity index (χ0) is 35.1. The van der Waals surface area contributed by atoms with E-state index in [4.69, 9.17) is 13.8 Å². The Labute approximate surface area is 306 Å². The molecule has 0 saturated carbocycles. The number of rotatable bonds is 7. The number of anilines is 3. The Balaban J connectivity index is 1.12. The van der Waals surface area contributed by atoms with Crippen molar-refractivity contribution < 1.29 is 8.83 Å². The lowest BCUT2D eigenvalue weighted by molar-refractivity contribution is 0.620. The fourth-order valence-corrected chi connectivity index (χ4v) is 7.36. The van der Waals surface area contributed by atoms with E-state index in [1.165, 1.54) is 11.1 Å². The van der Waals surface area contributed by atoms with E-state index in [0.29, 0.717) is 5.89 Å². The second-order valence-corrected chi connectivity index (χ2v) is 13.2. The molecule has 0 N–H and O–H groups in total. The summed E-state index contributed by atoms with van der Waals surface area (Å²) in [5.41, 5.74) is 14.0. The second kappa shape index (κ2) is 12.9. The number of furan rings is 1.